The summed E-state index contributed by atoms with van der Waals surface area (Å²) < 4.78 is 5.42. The van der Waals surface area contributed by atoms with Gasteiger partial charge < -0.3 is 20.3 Å². The Balaban J connectivity index is 2.50. The maximum absolute atomic E-state index is 13.9. The molecule has 0 bridgehead atoms. The third-order valence-electron chi connectivity index (χ3n) is 6.58. The lowest BCUT2D eigenvalue weighted by molar-refractivity contribution is -0.140. The Kier molecular flexibility index (Phi) is 9.90. The van der Waals surface area contributed by atoms with Crippen molar-refractivity contribution < 1.29 is 19.1 Å². The molecular weight excluding hydrogens is 466 g/mol. The van der Waals surface area contributed by atoms with Crippen LogP contribution in [0.4, 0.5) is 10.5 Å². The topological polar surface area (TPSA) is 87.7 Å². The van der Waals surface area contributed by atoms with Crippen LogP contribution in [0.3, 0.4) is 0 Å². The molecule has 0 aliphatic rings. The molecule has 37 heavy (non-hydrogen) atoms. The number of nitrogens with zero attached hydrogens (tertiary/aromatic N) is 1. The van der Waals surface area contributed by atoms with E-state index in [2.05, 4.69) is 10.6 Å². The molecular formula is C30H43N3O4. The van der Waals surface area contributed by atoms with Crippen LogP contribution >= 0.6 is 0 Å². The Labute approximate surface area is 222 Å². The number of hydrogen-bond donors (Lipinski definition) is 2. The molecule has 3 unspecified atom stereocenters. The number of nitrogens with one attached hydrogen (secondary N) is 2. The zero-order valence-corrected chi connectivity index (χ0v) is 24.0. The summed E-state index contributed by atoms with van der Waals surface area (Å²) in [6.07, 6.45) is -0.00863. The summed E-state index contributed by atoms with van der Waals surface area (Å²) in [7, 11) is 1.61. The van der Waals surface area contributed by atoms with Gasteiger partial charge in [-0.2, -0.15) is 0 Å². The number of rotatable bonds is 8. The van der Waals surface area contributed by atoms with Crippen LogP contribution in [-0.2, 0) is 14.3 Å². The molecule has 0 heterocycles. The maximum Gasteiger partial charge on any atom is 0.408 e. The molecule has 0 aromatic heterocycles. The van der Waals surface area contributed by atoms with E-state index in [1.54, 1.807) is 27.8 Å². The summed E-state index contributed by atoms with van der Waals surface area (Å²) in [4.78, 5) is 41.8. The second kappa shape index (κ2) is 12.3. The van der Waals surface area contributed by atoms with E-state index in [9.17, 15) is 14.4 Å². The lowest BCUT2D eigenvalue weighted by Crippen LogP contribution is -2.53. The number of para-hydroxylation sites is 1. The largest absolute Gasteiger partial charge is 0.444 e. The summed E-state index contributed by atoms with van der Waals surface area (Å²) in [6, 6.07) is 9.88. The van der Waals surface area contributed by atoms with E-state index in [0.29, 0.717) is 6.42 Å². The molecule has 0 radical (unpaired) electrons. The van der Waals surface area contributed by atoms with E-state index < -0.39 is 23.8 Å². The van der Waals surface area contributed by atoms with E-state index in [4.69, 9.17) is 4.74 Å². The van der Waals surface area contributed by atoms with Crippen LogP contribution in [0.5, 0.6) is 0 Å². The van der Waals surface area contributed by atoms with Gasteiger partial charge in [-0.3, -0.25) is 9.59 Å². The molecule has 7 heteroatoms. The first-order valence-corrected chi connectivity index (χ1v) is 12.9. The summed E-state index contributed by atoms with van der Waals surface area (Å²) >= 11 is 0. The smallest absolute Gasteiger partial charge is 0.408 e. The Bertz CT molecular complexity index is 1120. The Morgan fingerprint density at radius 2 is 1.57 bits per heavy atom. The van der Waals surface area contributed by atoms with Crippen molar-refractivity contribution in [3.8, 4) is 0 Å². The lowest BCUT2D eigenvalue weighted by atomic mass is 9.94. The number of benzene rings is 2. The minimum atomic E-state index is -0.904. The van der Waals surface area contributed by atoms with E-state index >= 15 is 0 Å². The fourth-order valence-corrected chi connectivity index (χ4v) is 4.33. The van der Waals surface area contributed by atoms with Gasteiger partial charge in [0.15, 0.2) is 0 Å². The zero-order valence-electron chi connectivity index (χ0n) is 24.0. The standard InChI is InChI=1S/C30H43N3O4/c1-11-19(3)25(32-29(36)37-30(7,8)9)28(35)33(10)26(23-16-15-18(2)17-22(23)6)27(34)31-24-20(4)13-12-14-21(24)5/h12-17,19,25-26H,11H2,1-10H3,(H,31,34)(H,32,36). The molecule has 0 spiro atoms. The van der Waals surface area contributed by atoms with Gasteiger partial charge in [-0.1, -0.05) is 62.2 Å². The number of alkyl carbamates (subject to hydrolysis) is 1. The highest BCUT2D eigenvalue weighted by Crippen LogP contribution is 2.29. The number of carbonyl (C=O) groups is 3. The predicted molar refractivity (Wildman–Crippen MR) is 149 cm³/mol. The Morgan fingerprint density at radius 3 is 2.08 bits per heavy atom. The van der Waals surface area contributed by atoms with Crippen molar-refractivity contribution in [1.29, 1.82) is 0 Å². The van der Waals surface area contributed by atoms with Crippen molar-refractivity contribution in [2.75, 3.05) is 12.4 Å². The molecule has 0 fully saturated rings. The third kappa shape index (κ3) is 7.81. The first kappa shape index (κ1) is 29.9. The predicted octanol–water partition coefficient (Wildman–Crippen LogP) is 6.00. The first-order chi connectivity index (χ1) is 17.2. The van der Waals surface area contributed by atoms with Gasteiger partial charge in [-0.25, -0.2) is 4.79 Å². The molecule has 3 atom stereocenters. The minimum absolute atomic E-state index is 0.177. The third-order valence-corrected chi connectivity index (χ3v) is 6.58. The van der Waals surface area contributed by atoms with Crippen molar-refractivity contribution in [1.82, 2.24) is 10.2 Å². The molecule has 2 N–H and O–H groups in total. The maximum atomic E-state index is 13.9. The second-order valence-electron chi connectivity index (χ2n) is 11.0. The molecule has 0 aliphatic heterocycles. The van der Waals surface area contributed by atoms with Crippen molar-refractivity contribution in [2.45, 2.75) is 86.4 Å². The van der Waals surface area contributed by atoms with Crippen molar-refractivity contribution in [3.05, 3.63) is 64.2 Å². The zero-order chi connectivity index (χ0) is 28.1. The molecule has 0 saturated carbocycles. The average molecular weight is 510 g/mol. The van der Waals surface area contributed by atoms with Crippen molar-refractivity contribution >= 4 is 23.6 Å². The van der Waals surface area contributed by atoms with Crippen LogP contribution in [0.2, 0.25) is 0 Å². The van der Waals surface area contributed by atoms with Crippen molar-refractivity contribution in [3.63, 3.8) is 0 Å². The van der Waals surface area contributed by atoms with Crippen LogP contribution in [-0.4, -0.2) is 41.5 Å². The van der Waals surface area contributed by atoms with E-state index in [1.165, 1.54) is 4.90 Å². The fourth-order valence-electron chi connectivity index (χ4n) is 4.33. The summed E-state index contributed by atoms with van der Waals surface area (Å²) in [6.45, 7) is 17.0. The van der Waals surface area contributed by atoms with Gasteiger partial charge >= 0.3 is 6.09 Å². The van der Waals surface area contributed by atoms with Crippen LogP contribution in [0.25, 0.3) is 0 Å². The van der Waals surface area contributed by atoms with Gasteiger partial charge in [0.25, 0.3) is 5.91 Å². The monoisotopic (exact) mass is 509 g/mol. The number of carbonyl (C=O) groups excluding carboxylic acids is 3. The van der Waals surface area contributed by atoms with Gasteiger partial charge in [-0.15, -0.1) is 0 Å². The number of likely N-dealkylation sites (N-methyl/N-ethyl adjacent to an activating group) is 1. The van der Waals surface area contributed by atoms with Gasteiger partial charge in [0, 0.05) is 12.7 Å². The normalized spacial score (nSPS) is 13.8. The number of ether oxygens (including phenoxy) is 1. The number of hydrogen-bond acceptors (Lipinski definition) is 4. The first-order valence-electron chi connectivity index (χ1n) is 12.9. The Morgan fingerprint density at radius 1 is 0.973 bits per heavy atom. The van der Waals surface area contributed by atoms with Gasteiger partial charge in [0.05, 0.1) is 0 Å². The Hall–Kier alpha value is -3.35. The van der Waals surface area contributed by atoms with Gasteiger partial charge in [-0.05, 0) is 76.6 Å². The van der Waals surface area contributed by atoms with Gasteiger partial charge in [0.1, 0.15) is 17.7 Å². The molecule has 0 saturated heterocycles. The lowest BCUT2D eigenvalue weighted by Gasteiger charge is -2.34. The molecule has 7 nitrogen and oxygen atoms in total. The fraction of sp³-hybridized carbons (Fsp3) is 0.500. The molecule has 2 aromatic rings. The molecule has 2 rings (SSSR count). The summed E-state index contributed by atoms with van der Waals surface area (Å²) in [5.41, 5.74) is 4.59. The molecule has 2 aromatic carbocycles. The second-order valence-corrected chi connectivity index (χ2v) is 11.0. The minimum Gasteiger partial charge on any atom is -0.444 e. The highest BCUT2D eigenvalue weighted by molar-refractivity contribution is 6.00. The number of aryl methyl sites for hydroxylation is 4. The van der Waals surface area contributed by atoms with E-state index in [-0.39, 0.29) is 17.7 Å². The molecule has 3 amide bonds. The molecule has 202 valence electrons. The SMILES string of the molecule is CCC(C)C(NC(=O)OC(C)(C)C)C(=O)N(C)C(C(=O)Nc1c(C)cccc1C)c1ccc(C)cc1C. The van der Waals surface area contributed by atoms with Crippen molar-refractivity contribution in [2.24, 2.45) is 5.92 Å². The quantitative estimate of drug-likeness (QED) is 0.457. The van der Waals surface area contributed by atoms with E-state index in [1.807, 2.05) is 77.9 Å². The van der Waals surface area contributed by atoms with Crippen LogP contribution in [0.15, 0.2) is 36.4 Å². The van der Waals surface area contributed by atoms with Crippen LogP contribution in [0.1, 0.15) is 74.9 Å². The van der Waals surface area contributed by atoms with Crippen LogP contribution < -0.4 is 10.6 Å². The number of amides is 3. The van der Waals surface area contributed by atoms with E-state index in [0.717, 1.165) is 33.5 Å². The molecule has 0 aliphatic carbocycles. The highest BCUT2D eigenvalue weighted by Gasteiger charge is 2.37. The van der Waals surface area contributed by atoms with Crippen LogP contribution in [0, 0.1) is 33.6 Å². The summed E-state index contributed by atoms with van der Waals surface area (Å²) in [5, 5.41) is 5.82. The summed E-state index contributed by atoms with van der Waals surface area (Å²) in [5.74, 6) is -0.855. The van der Waals surface area contributed by atoms with Gasteiger partial charge in [0.2, 0.25) is 5.91 Å². The highest BCUT2D eigenvalue weighted by atomic mass is 16.6. The number of anilines is 1. The average Bonchev–Trinajstić information content (AvgIpc) is 2.79.